The van der Waals surface area contributed by atoms with Gasteiger partial charge in [-0.05, 0) is 86.1 Å². The average molecular weight is 516 g/mol. The van der Waals surface area contributed by atoms with Gasteiger partial charge in [0, 0.05) is 17.0 Å². The molecule has 2 fully saturated rings. The van der Waals surface area contributed by atoms with Crippen LogP contribution < -0.4 is 0 Å². The topological polar surface area (TPSA) is 49.8 Å². The molecule has 2 saturated carbocycles. The number of ether oxygens (including phenoxy) is 1. The molecule has 1 N–H and O–H groups in total. The molecule has 2 heterocycles. The minimum Gasteiger partial charge on any atom is -0.459 e. The van der Waals surface area contributed by atoms with Gasteiger partial charge >= 0.3 is 5.97 Å². The van der Waals surface area contributed by atoms with E-state index in [1.807, 2.05) is 53.2 Å². The maximum atomic E-state index is 13.5. The maximum absolute atomic E-state index is 13.5. The number of esters is 1. The van der Waals surface area contributed by atoms with Crippen LogP contribution in [-0.4, -0.2) is 41.7 Å². The van der Waals surface area contributed by atoms with Crippen LogP contribution in [0.15, 0.2) is 59.3 Å². The Kier molecular flexibility index (Phi) is 7.14. The molecule has 180 valence electrons. The van der Waals surface area contributed by atoms with E-state index in [9.17, 15) is 9.90 Å². The smallest absolute Gasteiger partial charge is 0.349 e. The molecule has 7 heteroatoms. The number of carbonyl (C=O) groups excluding carboxylic acids is 1. The van der Waals surface area contributed by atoms with Crippen LogP contribution in [0.25, 0.3) is 0 Å². The molecule has 2 aliphatic rings. The number of rotatable bonds is 9. The van der Waals surface area contributed by atoms with Crippen molar-refractivity contribution >= 4 is 40.2 Å². The first-order valence-electron chi connectivity index (χ1n) is 11.9. The molecule has 5 rings (SSSR count). The van der Waals surface area contributed by atoms with Crippen LogP contribution in [0, 0.1) is 11.8 Å². The van der Waals surface area contributed by atoms with E-state index in [1.165, 1.54) is 28.2 Å². The van der Waals surface area contributed by atoms with Gasteiger partial charge in [0.1, 0.15) is 6.10 Å². The molecule has 0 spiro atoms. The lowest BCUT2D eigenvalue weighted by atomic mass is 9.94. The molecule has 34 heavy (non-hydrogen) atoms. The Labute approximate surface area is 214 Å². The van der Waals surface area contributed by atoms with E-state index in [4.69, 9.17) is 16.3 Å². The minimum atomic E-state index is -1.74. The van der Waals surface area contributed by atoms with Crippen molar-refractivity contribution in [1.82, 2.24) is 4.90 Å². The molecule has 0 saturated heterocycles. The van der Waals surface area contributed by atoms with Crippen LogP contribution in [-0.2, 0) is 21.6 Å². The van der Waals surface area contributed by atoms with Crippen molar-refractivity contribution in [2.45, 2.75) is 49.9 Å². The molecule has 2 aliphatic carbocycles. The Balaban J connectivity index is 1.24. The van der Waals surface area contributed by atoms with Gasteiger partial charge in [0.2, 0.25) is 5.60 Å². The van der Waals surface area contributed by atoms with Crippen molar-refractivity contribution in [2.75, 3.05) is 13.6 Å². The van der Waals surface area contributed by atoms with Crippen LogP contribution in [0.4, 0.5) is 0 Å². The lowest BCUT2D eigenvalue weighted by Crippen LogP contribution is -2.42. The van der Waals surface area contributed by atoms with Crippen LogP contribution in [0.1, 0.15) is 41.0 Å². The predicted molar refractivity (Wildman–Crippen MR) is 139 cm³/mol. The van der Waals surface area contributed by atoms with Crippen molar-refractivity contribution < 1.29 is 14.6 Å². The van der Waals surface area contributed by atoms with Crippen LogP contribution in [0.5, 0.6) is 0 Å². The molecule has 4 unspecified atom stereocenters. The van der Waals surface area contributed by atoms with Gasteiger partial charge in [0.25, 0.3) is 0 Å². The molecule has 0 radical (unpaired) electrons. The van der Waals surface area contributed by atoms with Crippen LogP contribution in [0.3, 0.4) is 0 Å². The number of carbonyl (C=O) groups is 1. The van der Waals surface area contributed by atoms with Gasteiger partial charge in [0.15, 0.2) is 0 Å². The molecule has 2 bridgehead atoms. The first kappa shape index (κ1) is 24.0. The number of aliphatic hydroxyl groups is 1. The summed E-state index contributed by atoms with van der Waals surface area (Å²) in [5.41, 5.74) is -0.542. The Morgan fingerprint density at radius 3 is 2.47 bits per heavy atom. The summed E-state index contributed by atoms with van der Waals surface area (Å²) < 4.78 is 6.16. The number of thiophene rings is 2. The number of aryl methyl sites for hydroxylation is 1. The lowest BCUT2D eigenvalue weighted by Gasteiger charge is -2.32. The quantitative estimate of drug-likeness (QED) is 0.356. The minimum absolute atomic E-state index is 0.130. The third-order valence-electron chi connectivity index (χ3n) is 7.57. The van der Waals surface area contributed by atoms with Gasteiger partial charge < -0.3 is 14.7 Å². The Morgan fingerprint density at radius 2 is 1.82 bits per heavy atom. The van der Waals surface area contributed by atoms with Crippen molar-refractivity contribution in [3.63, 3.8) is 0 Å². The van der Waals surface area contributed by atoms with E-state index in [0.29, 0.717) is 27.6 Å². The molecule has 4 nitrogen and oxygen atoms in total. The number of nitrogens with zero attached hydrogens (tertiary/aromatic N) is 1. The fourth-order valence-electron chi connectivity index (χ4n) is 5.81. The number of hydrogen-bond acceptors (Lipinski definition) is 6. The van der Waals surface area contributed by atoms with Gasteiger partial charge in [-0.25, -0.2) is 4.79 Å². The monoisotopic (exact) mass is 515 g/mol. The van der Waals surface area contributed by atoms with Crippen molar-refractivity contribution in [2.24, 2.45) is 11.8 Å². The summed E-state index contributed by atoms with van der Waals surface area (Å²) in [6, 6.07) is 15.8. The van der Waals surface area contributed by atoms with E-state index >= 15 is 0 Å². The number of hydrogen-bond donors (Lipinski definition) is 1. The highest BCUT2D eigenvalue weighted by molar-refractivity contribution is 7.12. The normalized spacial score (nSPS) is 24.1. The van der Waals surface area contributed by atoms with Crippen LogP contribution >= 0.6 is 34.3 Å². The highest BCUT2D eigenvalue weighted by atomic mass is 35.5. The van der Waals surface area contributed by atoms with Gasteiger partial charge in [-0.2, -0.15) is 0 Å². The Bertz CT molecular complexity index is 1070. The van der Waals surface area contributed by atoms with Gasteiger partial charge in [-0.3, -0.25) is 0 Å². The molecule has 2 aromatic heterocycles. The largest absolute Gasteiger partial charge is 0.459 e. The van der Waals surface area contributed by atoms with E-state index < -0.39 is 11.6 Å². The van der Waals surface area contributed by atoms with E-state index in [2.05, 4.69) is 18.0 Å². The van der Waals surface area contributed by atoms with Crippen molar-refractivity contribution in [3.05, 3.63) is 79.6 Å². The second-order valence-electron chi connectivity index (χ2n) is 9.51. The molecule has 4 atom stereocenters. The van der Waals surface area contributed by atoms with Crippen molar-refractivity contribution in [3.8, 4) is 0 Å². The van der Waals surface area contributed by atoms with Crippen molar-refractivity contribution in [1.29, 1.82) is 0 Å². The summed E-state index contributed by atoms with van der Waals surface area (Å²) in [7, 11) is 2.19. The third-order valence-corrected chi connectivity index (χ3v) is 9.90. The highest BCUT2D eigenvalue weighted by Gasteiger charge is 2.54. The summed E-state index contributed by atoms with van der Waals surface area (Å²) in [5, 5.41) is 16.2. The Hall–Kier alpha value is -1.70. The molecule has 3 aromatic rings. The zero-order valence-electron chi connectivity index (χ0n) is 19.2. The van der Waals surface area contributed by atoms with Gasteiger partial charge in [-0.1, -0.05) is 41.9 Å². The fraction of sp³-hybridized carbons (Fsp3) is 0.444. The van der Waals surface area contributed by atoms with E-state index in [-0.39, 0.29) is 6.10 Å². The summed E-state index contributed by atoms with van der Waals surface area (Å²) >= 11 is 9.08. The molecule has 0 aliphatic heterocycles. The van der Waals surface area contributed by atoms with Gasteiger partial charge in [0.05, 0.1) is 9.75 Å². The predicted octanol–water partition coefficient (Wildman–Crippen LogP) is 5.97. The first-order valence-corrected chi connectivity index (χ1v) is 14.1. The lowest BCUT2D eigenvalue weighted by molar-refractivity contribution is -0.170. The molecule has 1 aromatic carbocycles. The SMILES string of the molecule is CN(CCCc1ccccc1Cl)C1CC2CCC1C2OC(=O)C(O)(c1cccs1)c1cccs1. The number of halogens is 1. The third kappa shape index (κ3) is 4.47. The van der Waals surface area contributed by atoms with Crippen LogP contribution in [0.2, 0.25) is 5.02 Å². The Morgan fingerprint density at radius 1 is 1.12 bits per heavy atom. The van der Waals surface area contributed by atoms with Gasteiger partial charge in [-0.15, -0.1) is 22.7 Å². The first-order chi connectivity index (χ1) is 16.5. The molecular formula is C27H30ClNO3S2. The summed E-state index contributed by atoms with van der Waals surface area (Å²) in [4.78, 5) is 17.1. The number of benzene rings is 1. The second kappa shape index (κ2) is 10.1. The summed E-state index contributed by atoms with van der Waals surface area (Å²) in [6.07, 6.45) is 5.06. The average Bonchev–Trinajstić information content (AvgIpc) is 3.65. The fourth-order valence-corrected chi connectivity index (χ4v) is 7.75. The summed E-state index contributed by atoms with van der Waals surface area (Å²) in [5.74, 6) is 0.136. The maximum Gasteiger partial charge on any atom is 0.349 e. The zero-order chi connectivity index (χ0) is 23.7. The zero-order valence-corrected chi connectivity index (χ0v) is 21.6. The standard InChI is InChI=1S/C27H30ClNO3S2/c1-29(14-4-8-18-7-2-3-9-21(18)28)22-17-19-12-13-20(22)25(19)32-26(30)27(31,23-10-5-15-33-23)24-11-6-16-34-24/h2-3,5-7,9-11,15-16,19-20,22,25,31H,4,8,12-14,17H2,1H3. The molecule has 0 amide bonds. The molecular weight excluding hydrogens is 486 g/mol. The van der Waals surface area contributed by atoms with E-state index in [0.717, 1.165) is 43.7 Å². The number of fused-ring (bicyclic) bond motifs is 2. The van der Waals surface area contributed by atoms with E-state index in [1.54, 1.807) is 0 Å². The summed E-state index contributed by atoms with van der Waals surface area (Å²) in [6.45, 7) is 0.980. The second-order valence-corrected chi connectivity index (χ2v) is 11.8. The highest BCUT2D eigenvalue weighted by Crippen LogP contribution is 2.49.